The molecule has 1 heterocycles. The molecule has 2 rings (SSSR count). The van der Waals surface area contributed by atoms with Crippen molar-refractivity contribution in [1.29, 1.82) is 0 Å². The van der Waals surface area contributed by atoms with Crippen molar-refractivity contribution in [1.82, 2.24) is 10.0 Å². The fourth-order valence-electron chi connectivity index (χ4n) is 2.18. The van der Waals surface area contributed by atoms with Crippen LogP contribution in [0.3, 0.4) is 0 Å². The molecule has 6 heteroatoms. The summed E-state index contributed by atoms with van der Waals surface area (Å²) in [5, 5.41) is 3.26. The first-order valence-electron chi connectivity index (χ1n) is 6.40. The number of hydrogen-bond donors (Lipinski definition) is 3. The Balaban J connectivity index is 2.24. The van der Waals surface area contributed by atoms with Crippen LogP contribution in [-0.4, -0.2) is 20.5 Å². The van der Waals surface area contributed by atoms with Gasteiger partial charge in [0.2, 0.25) is 0 Å². The predicted molar refractivity (Wildman–Crippen MR) is 77.3 cm³/mol. The highest BCUT2D eigenvalue weighted by Gasteiger charge is 2.21. The molecule has 0 fully saturated rings. The highest BCUT2D eigenvalue weighted by atomic mass is 32.2. The second-order valence-corrected chi connectivity index (χ2v) is 7.24. The molecule has 1 aliphatic heterocycles. The average molecular weight is 283 g/mol. The van der Waals surface area contributed by atoms with Gasteiger partial charge in [-0.1, -0.05) is 12.1 Å². The highest BCUT2D eigenvalue weighted by Crippen LogP contribution is 2.23. The Bertz CT molecular complexity index is 562. The van der Waals surface area contributed by atoms with Gasteiger partial charge in [0.25, 0.3) is 10.2 Å². The first-order chi connectivity index (χ1) is 8.77. The van der Waals surface area contributed by atoms with Gasteiger partial charge in [0.15, 0.2) is 0 Å². The zero-order valence-electron chi connectivity index (χ0n) is 11.6. The molecule has 0 bridgehead atoms. The third-order valence-electron chi connectivity index (χ3n) is 2.83. The standard InChI is InChI=1S/C13H21N3O2S/c1-13(2,3)16-19(17,18)15-12-6-4-5-10-7-8-14-9-11(10)12/h4-6,14-16H,7-9H2,1-3H3. The largest absolute Gasteiger partial charge is 0.312 e. The summed E-state index contributed by atoms with van der Waals surface area (Å²) in [6.45, 7) is 7.07. The van der Waals surface area contributed by atoms with Gasteiger partial charge in [0, 0.05) is 12.1 Å². The average Bonchev–Trinajstić information content (AvgIpc) is 2.25. The normalized spacial score (nSPS) is 15.9. The number of rotatable bonds is 3. The molecule has 0 aliphatic carbocycles. The van der Waals surface area contributed by atoms with E-state index in [9.17, 15) is 8.42 Å². The van der Waals surface area contributed by atoms with E-state index in [-0.39, 0.29) is 0 Å². The third-order valence-corrected chi connectivity index (χ3v) is 4.20. The monoisotopic (exact) mass is 283 g/mol. The van der Waals surface area contributed by atoms with E-state index >= 15 is 0 Å². The topological polar surface area (TPSA) is 70.2 Å². The van der Waals surface area contributed by atoms with Crippen molar-refractivity contribution in [2.24, 2.45) is 0 Å². The summed E-state index contributed by atoms with van der Waals surface area (Å²) in [6.07, 6.45) is 0.928. The zero-order chi connectivity index (χ0) is 14.1. The van der Waals surface area contributed by atoms with Crippen molar-refractivity contribution < 1.29 is 8.42 Å². The van der Waals surface area contributed by atoms with Crippen LogP contribution in [0.5, 0.6) is 0 Å². The van der Waals surface area contributed by atoms with Gasteiger partial charge in [-0.2, -0.15) is 13.1 Å². The lowest BCUT2D eigenvalue weighted by Crippen LogP contribution is -2.43. The van der Waals surface area contributed by atoms with E-state index in [2.05, 4.69) is 14.8 Å². The molecule has 0 radical (unpaired) electrons. The maximum Gasteiger partial charge on any atom is 0.299 e. The van der Waals surface area contributed by atoms with Crippen LogP contribution in [0, 0.1) is 0 Å². The Morgan fingerprint density at radius 3 is 2.68 bits per heavy atom. The fraction of sp³-hybridized carbons (Fsp3) is 0.538. The molecular weight excluding hydrogens is 262 g/mol. The van der Waals surface area contributed by atoms with E-state index in [1.165, 1.54) is 5.56 Å². The van der Waals surface area contributed by atoms with Crippen molar-refractivity contribution in [3.63, 3.8) is 0 Å². The summed E-state index contributed by atoms with van der Waals surface area (Å²) < 4.78 is 29.3. The van der Waals surface area contributed by atoms with Crippen molar-refractivity contribution in [2.45, 2.75) is 39.3 Å². The molecule has 1 aliphatic rings. The molecule has 0 atom stereocenters. The van der Waals surface area contributed by atoms with Crippen LogP contribution in [-0.2, 0) is 23.2 Å². The van der Waals surface area contributed by atoms with E-state index in [1.807, 2.05) is 32.9 Å². The Kier molecular flexibility index (Phi) is 3.85. The molecule has 0 saturated heterocycles. The van der Waals surface area contributed by atoms with Gasteiger partial charge < -0.3 is 5.32 Å². The lowest BCUT2D eigenvalue weighted by molar-refractivity contribution is 0.494. The fourth-order valence-corrected chi connectivity index (χ4v) is 3.52. The minimum atomic E-state index is -3.55. The van der Waals surface area contributed by atoms with E-state index in [4.69, 9.17) is 0 Å². The summed E-state index contributed by atoms with van der Waals surface area (Å²) in [6, 6.07) is 5.73. The smallest absolute Gasteiger partial charge is 0.299 e. The summed E-state index contributed by atoms with van der Waals surface area (Å²) >= 11 is 0. The van der Waals surface area contributed by atoms with Gasteiger partial charge in [0.1, 0.15) is 0 Å². The van der Waals surface area contributed by atoms with Crippen LogP contribution in [0.15, 0.2) is 18.2 Å². The summed E-state index contributed by atoms with van der Waals surface area (Å²) in [5.41, 5.74) is 2.39. The molecule has 0 unspecified atom stereocenters. The second-order valence-electron chi connectivity index (χ2n) is 5.83. The summed E-state index contributed by atoms with van der Waals surface area (Å²) in [7, 11) is -3.55. The third kappa shape index (κ3) is 3.92. The van der Waals surface area contributed by atoms with Crippen molar-refractivity contribution in [2.75, 3.05) is 11.3 Å². The quantitative estimate of drug-likeness (QED) is 0.785. The van der Waals surface area contributed by atoms with Crippen LogP contribution in [0.4, 0.5) is 5.69 Å². The maximum absolute atomic E-state index is 12.1. The molecule has 1 aromatic carbocycles. The molecule has 0 saturated carbocycles. The molecule has 5 nitrogen and oxygen atoms in total. The molecule has 0 aromatic heterocycles. The van der Waals surface area contributed by atoms with Crippen LogP contribution in [0.2, 0.25) is 0 Å². The first-order valence-corrected chi connectivity index (χ1v) is 7.88. The van der Waals surface area contributed by atoms with Crippen molar-refractivity contribution >= 4 is 15.9 Å². The van der Waals surface area contributed by atoms with E-state index in [0.29, 0.717) is 12.2 Å². The number of anilines is 1. The Hall–Kier alpha value is -1.11. The second kappa shape index (κ2) is 5.11. The predicted octanol–water partition coefficient (Wildman–Crippen LogP) is 1.38. The van der Waals surface area contributed by atoms with Gasteiger partial charge in [0.05, 0.1) is 5.69 Å². The Morgan fingerprint density at radius 2 is 2.00 bits per heavy atom. The number of benzene rings is 1. The first kappa shape index (κ1) is 14.3. The summed E-state index contributed by atoms with van der Waals surface area (Å²) in [5.74, 6) is 0. The zero-order valence-corrected chi connectivity index (χ0v) is 12.4. The number of hydrogen-bond acceptors (Lipinski definition) is 3. The molecule has 106 valence electrons. The molecule has 3 N–H and O–H groups in total. The van der Waals surface area contributed by atoms with Crippen LogP contribution >= 0.6 is 0 Å². The van der Waals surface area contributed by atoms with Crippen LogP contribution in [0.25, 0.3) is 0 Å². The molecule has 0 spiro atoms. The van der Waals surface area contributed by atoms with Crippen molar-refractivity contribution in [3.8, 4) is 0 Å². The van der Waals surface area contributed by atoms with Gasteiger partial charge in [-0.25, -0.2) is 0 Å². The van der Waals surface area contributed by atoms with E-state index in [0.717, 1.165) is 18.5 Å². The maximum atomic E-state index is 12.1. The highest BCUT2D eigenvalue weighted by molar-refractivity contribution is 7.90. The number of fused-ring (bicyclic) bond motifs is 1. The molecule has 19 heavy (non-hydrogen) atoms. The molecule has 0 amide bonds. The molecule has 1 aromatic rings. The van der Waals surface area contributed by atoms with E-state index in [1.54, 1.807) is 6.07 Å². The lowest BCUT2D eigenvalue weighted by Gasteiger charge is -2.24. The summed E-state index contributed by atoms with van der Waals surface area (Å²) in [4.78, 5) is 0. The van der Waals surface area contributed by atoms with Crippen LogP contribution < -0.4 is 14.8 Å². The van der Waals surface area contributed by atoms with Gasteiger partial charge in [-0.05, 0) is 50.9 Å². The lowest BCUT2D eigenvalue weighted by atomic mass is 10.00. The minimum absolute atomic E-state index is 0.501. The Labute approximate surface area is 115 Å². The SMILES string of the molecule is CC(C)(C)NS(=O)(=O)Nc1cccc2c1CNCC2. The van der Waals surface area contributed by atoms with E-state index < -0.39 is 15.7 Å². The molecular formula is C13H21N3O2S. The van der Waals surface area contributed by atoms with Gasteiger partial charge in [-0.15, -0.1) is 0 Å². The van der Waals surface area contributed by atoms with Crippen molar-refractivity contribution in [3.05, 3.63) is 29.3 Å². The Morgan fingerprint density at radius 1 is 1.26 bits per heavy atom. The van der Waals surface area contributed by atoms with Crippen LogP contribution in [0.1, 0.15) is 31.9 Å². The van der Waals surface area contributed by atoms with Gasteiger partial charge in [-0.3, -0.25) is 4.72 Å². The van der Waals surface area contributed by atoms with Gasteiger partial charge >= 0.3 is 0 Å². The minimum Gasteiger partial charge on any atom is -0.312 e. The number of nitrogens with one attached hydrogen (secondary N) is 3.